The van der Waals surface area contributed by atoms with Gasteiger partial charge in [0.2, 0.25) is 0 Å². The van der Waals surface area contributed by atoms with E-state index in [1.165, 1.54) is 6.07 Å². The minimum Gasteiger partial charge on any atom is -0.381 e. The van der Waals surface area contributed by atoms with Crippen LogP contribution in [0.2, 0.25) is 0 Å². The van der Waals surface area contributed by atoms with Crippen LogP contribution in [0.4, 0.5) is 10.1 Å². The van der Waals surface area contributed by atoms with Crippen molar-refractivity contribution in [2.45, 2.75) is 53.0 Å². The molecule has 3 aromatic heterocycles. The van der Waals surface area contributed by atoms with E-state index in [0.29, 0.717) is 16.9 Å². The SMILES string of the molecule is Cc1noc(-c2cc3nc(C(C)(C)C)n(-c4cc(NC(C)C)c5c(c4)n(C)c(=O)n5C)c3cc2F)n1. The molecule has 10 heteroatoms. The summed E-state index contributed by atoms with van der Waals surface area (Å²) in [5.41, 5.74) is 4.10. The van der Waals surface area contributed by atoms with Crippen LogP contribution in [0, 0.1) is 12.7 Å². The lowest BCUT2D eigenvalue weighted by Crippen LogP contribution is -2.19. The molecule has 0 saturated heterocycles. The van der Waals surface area contributed by atoms with Gasteiger partial charge in [0, 0.05) is 31.6 Å². The minimum atomic E-state index is -0.485. The van der Waals surface area contributed by atoms with Crippen LogP contribution in [-0.4, -0.2) is 34.9 Å². The van der Waals surface area contributed by atoms with Crippen LogP contribution >= 0.6 is 0 Å². The minimum absolute atomic E-state index is 0.114. The third-order valence-corrected chi connectivity index (χ3v) is 6.22. The molecule has 9 nitrogen and oxygen atoms in total. The Labute approximate surface area is 207 Å². The Hall–Kier alpha value is -3.95. The van der Waals surface area contributed by atoms with E-state index in [9.17, 15) is 4.79 Å². The van der Waals surface area contributed by atoms with Crippen LogP contribution in [0.5, 0.6) is 0 Å². The Morgan fingerprint density at radius 3 is 2.36 bits per heavy atom. The highest BCUT2D eigenvalue weighted by molar-refractivity contribution is 5.93. The molecule has 2 aromatic carbocycles. The number of hydrogen-bond donors (Lipinski definition) is 1. The number of halogens is 1. The first-order valence-corrected chi connectivity index (χ1v) is 11.9. The smallest absolute Gasteiger partial charge is 0.328 e. The highest BCUT2D eigenvalue weighted by Gasteiger charge is 2.27. The molecule has 1 N–H and O–H groups in total. The fraction of sp³-hybridized carbons (Fsp3) is 0.385. The monoisotopic (exact) mass is 491 g/mol. The zero-order valence-electron chi connectivity index (χ0n) is 21.8. The summed E-state index contributed by atoms with van der Waals surface area (Å²) >= 11 is 0. The molecule has 5 rings (SSSR count). The second-order valence-electron chi connectivity index (χ2n) is 10.5. The lowest BCUT2D eigenvalue weighted by Gasteiger charge is -2.21. The molecule has 0 bridgehead atoms. The summed E-state index contributed by atoms with van der Waals surface area (Å²) in [5, 5.41) is 7.26. The van der Waals surface area contributed by atoms with Gasteiger partial charge in [0.15, 0.2) is 5.82 Å². The summed E-state index contributed by atoms with van der Waals surface area (Å²) in [7, 11) is 3.52. The van der Waals surface area contributed by atoms with Crippen molar-refractivity contribution >= 4 is 27.8 Å². The zero-order chi connectivity index (χ0) is 26.1. The zero-order valence-corrected chi connectivity index (χ0v) is 21.8. The Balaban J connectivity index is 1.85. The second-order valence-corrected chi connectivity index (χ2v) is 10.5. The molecule has 0 saturated carbocycles. The van der Waals surface area contributed by atoms with Crippen LogP contribution in [0.15, 0.2) is 33.6 Å². The molecule has 0 atom stereocenters. The van der Waals surface area contributed by atoms with Crippen molar-refractivity contribution in [2.24, 2.45) is 14.1 Å². The topological polar surface area (TPSA) is 95.7 Å². The molecule has 0 aliphatic carbocycles. The van der Waals surface area contributed by atoms with E-state index < -0.39 is 5.82 Å². The predicted octanol–water partition coefficient (Wildman–Crippen LogP) is 4.83. The maximum Gasteiger partial charge on any atom is 0.328 e. The Morgan fingerprint density at radius 1 is 1.03 bits per heavy atom. The number of rotatable bonds is 4. The number of nitrogens with one attached hydrogen (secondary N) is 1. The number of hydrogen-bond acceptors (Lipinski definition) is 6. The van der Waals surface area contributed by atoms with Gasteiger partial charge in [-0.25, -0.2) is 14.2 Å². The van der Waals surface area contributed by atoms with Crippen molar-refractivity contribution in [1.29, 1.82) is 0 Å². The molecule has 0 radical (unpaired) electrons. The van der Waals surface area contributed by atoms with E-state index in [2.05, 4.69) is 36.2 Å². The Bertz CT molecular complexity index is 1700. The summed E-state index contributed by atoms with van der Waals surface area (Å²) in [6.45, 7) is 12.0. The molecule has 0 aliphatic rings. The lowest BCUT2D eigenvalue weighted by atomic mass is 9.95. The normalized spacial score (nSPS) is 12.4. The highest BCUT2D eigenvalue weighted by Crippen LogP contribution is 2.36. The first-order chi connectivity index (χ1) is 16.9. The summed E-state index contributed by atoms with van der Waals surface area (Å²) in [5.74, 6) is 0.813. The summed E-state index contributed by atoms with van der Waals surface area (Å²) in [6.07, 6.45) is 0. The molecule has 188 valence electrons. The Kier molecular flexibility index (Phi) is 5.31. The van der Waals surface area contributed by atoms with Crippen molar-refractivity contribution in [3.63, 3.8) is 0 Å². The number of nitrogens with zero attached hydrogens (tertiary/aromatic N) is 6. The molecular weight excluding hydrogens is 461 g/mol. The predicted molar refractivity (Wildman–Crippen MR) is 138 cm³/mol. The lowest BCUT2D eigenvalue weighted by molar-refractivity contribution is 0.423. The molecule has 0 fully saturated rings. The van der Waals surface area contributed by atoms with E-state index in [1.807, 2.05) is 30.5 Å². The van der Waals surface area contributed by atoms with Gasteiger partial charge in [-0.2, -0.15) is 4.98 Å². The molecule has 0 amide bonds. The molecule has 36 heavy (non-hydrogen) atoms. The molecule has 0 spiro atoms. The van der Waals surface area contributed by atoms with Gasteiger partial charge in [-0.1, -0.05) is 25.9 Å². The van der Waals surface area contributed by atoms with Crippen LogP contribution < -0.4 is 11.0 Å². The van der Waals surface area contributed by atoms with E-state index in [1.54, 1.807) is 36.2 Å². The maximum absolute atomic E-state index is 15.4. The number of imidazole rings is 2. The van der Waals surface area contributed by atoms with E-state index in [4.69, 9.17) is 9.51 Å². The van der Waals surface area contributed by atoms with Gasteiger partial charge in [-0.05, 0) is 39.0 Å². The fourth-order valence-electron chi connectivity index (χ4n) is 4.62. The number of benzene rings is 2. The second kappa shape index (κ2) is 8.04. The molecule has 0 aliphatic heterocycles. The van der Waals surface area contributed by atoms with Crippen LogP contribution in [-0.2, 0) is 19.5 Å². The fourth-order valence-corrected chi connectivity index (χ4v) is 4.62. The number of aromatic nitrogens is 6. The van der Waals surface area contributed by atoms with E-state index in [0.717, 1.165) is 28.2 Å². The third kappa shape index (κ3) is 3.68. The molecule has 5 aromatic rings. The van der Waals surface area contributed by atoms with Crippen molar-refractivity contribution < 1.29 is 8.91 Å². The Morgan fingerprint density at radius 2 is 1.75 bits per heavy atom. The summed E-state index contributed by atoms with van der Waals surface area (Å²) in [6, 6.07) is 7.18. The number of aryl methyl sites for hydroxylation is 3. The summed E-state index contributed by atoms with van der Waals surface area (Å²) in [4.78, 5) is 21.9. The van der Waals surface area contributed by atoms with Crippen molar-refractivity contribution in [3.05, 3.63) is 52.2 Å². The van der Waals surface area contributed by atoms with Gasteiger partial charge in [-0.3, -0.25) is 13.7 Å². The molecular formula is C26H30FN7O2. The van der Waals surface area contributed by atoms with E-state index >= 15 is 4.39 Å². The third-order valence-electron chi connectivity index (χ3n) is 6.22. The van der Waals surface area contributed by atoms with Gasteiger partial charge in [0.25, 0.3) is 5.89 Å². The highest BCUT2D eigenvalue weighted by atomic mass is 19.1. The van der Waals surface area contributed by atoms with Crippen molar-refractivity contribution in [3.8, 4) is 17.1 Å². The van der Waals surface area contributed by atoms with Gasteiger partial charge in [0.05, 0.1) is 39.0 Å². The van der Waals surface area contributed by atoms with Crippen LogP contribution in [0.1, 0.15) is 46.3 Å². The van der Waals surface area contributed by atoms with Crippen LogP contribution in [0.25, 0.3) is 39.2 Å². The molecule has 3 heterocycles. The van der Waals surface area contributed by atoms with Gasteiger partial charge < -0.3 is 9.84 Å². The standard InChI is InChI=1S/C26H30FN7O2/c1-13(2)28-19-9-15(10-21-22(19)33(8)25(35)32(21)7)34-20-12-17(27)16(23-29-14(3)31-36-23)11-18(20)30-24(34)26(4,5)6/h9-13,28H,1-8H3. The van der Waals surface area contributed by atoms with Gasteiger partial charge >= 0.3 is 5.69 Å². The quantitative estimate of drug-likeness (QED) is 0.387. The average molecular weight is 492 g/mol. The van der Waals surface area contributed by atoms with Gasteiger partial charge in [0.1, 0.15) is 11.6 Å². The maximum atomic E-state index is 15.4. The van der Waals surface area contributed by atoms with Crippen LogP contribution in [0.3, 0.4) is 0 Å². The first kappa shape index (κ1) is 23.8. The number of fused-ring (bicyclic) bond motifs is 2. The first-order valence-electron chi connectivity index (χ1n) is 11.9. The van der Waals surface area contributed by atoms with Gasteiger partial charge in [-0.15, -0.1) is 0 Å². The molecule has 0 unspecified atom stereocenters. The number of anilines is 1. The van der Waals surface area contributed by atoms with Crippen molar-refractivity contribution in [1.82, 2.24) is 28.8 Å². The average Bonchev–Trinajstić information content (AvgIpc) is 3.44. The summed E-state index contributed by atoms with van der Waals surface area (Å²) < 4.78 is 25.9. The largest absolute Gasteiger partial charge is 0.381 e. The van der Waals surface area contributed by atoms with Crippen molar-refractivity contribution in [2.75, 3.05) is 5.32 Å². The van der Waals surface area contributed by atoms with E-state index in [-0.39, 0.29) is 28.6 Å².